The minimum Gasteiger partial charge on any atom is -0.370 e. The van der Waals surface area contributed by atoms with Crippen molar-refractivity contribution in [2.45, 2.75) is 27.7 Å². The SMILES string of the molecule is Cc1cc(C(=O)Nc2c[nH]c(C(=O)Nc3c[nH]c(C(=O)Nc4c[nH]c(C(=O)NCCN=C(N)N)c4C)c3C)c2C)ccc1N(CCCl)CCCl. The number of aromatic amines is 3. The van der Waals surface area contributed by atoms with E-state index in [1.807, 2.05) is 13.0 Å². The van der Waals surface area contributed by atoms with Crippen molar-refractivity contribution in [1.82, 2.24) is 20.3 Å². The van der Waals surface area contributed by atoms with Gasteiger partial charge in [0.1, 0.15) is 17.1 Å². The van der Waals surface area contributed by atoms with Gasteiger partial charge in [-0.25, -0.2) is 0 Å². The lowest BCUT2D eigenvalue weighted by Gasteiger charge is -2.25. The highest BCUT2D eigenvalue weighted by molar-refractivity contribution is 6.18. The Morgan fingerprint density at radius 1 is 0.720 bits per heavy atom. The lowest BCUT2D eigenvalue weighted by atomic mass is 10.1. The molecule has 4 rings (SSSR count). The Hall–Kier alpha value is -5.41. The van der Waals surface area contributed by atoms with Crippen LogP contribution in [0.4, 0.5) is 22.7 Å². The monoisotopic (exact) mass is 725 g/mol. The molecule has 0 aliphatic rings. The smallest absolute Gasteiger partial charge is 0.272 e. The lowest BCUT2D eigenvalue weighted by molar-refractivity contribution is 0.0947. The summed E-state index contributed by atoms with van der Waals surface area (Å²) in [5.74, 6) is -0.822. The molecule has 15 nitrogen and oxygen atoms in total. The second-order valence-electron chi connectivity index (χ2n) is 11.4. The number of aryl methyl sites for hydroxylation is 1. The average Bonchev–Trinajstić information content (AvgIpc) is 3.75. The predicted molar refractivity (Wildman–Crippen MR) is 198 cm³/mol. The molecular formula is C33H41Cl2N11O4. The summed E-state index contributed by atoms with van der Waals surface area (Å²) in [6.07, 6.45) is 4.57. The Balaban J connectivity index is 1.38. The van der Waals surface area contributed by atoms with Gasteiger partial charge >= 0.3 is 0 Å². The van der Waals surface area contributed by atoms with E-state index in [2.05, 4.69) is 46.1 Å². The minimum absolute atomic E-state index is 0.0690. The molecule has 0 spiro atoms. The van der Waals surface area contributed by atoms with Crippen molar-refractivity contribution in [3.05, 3.63) is 81.7 Å². The van der Waals surface area contributed by atoms with E-state index in [1.54, 1.807) is 39.1 Å². The standard InChI is InChI=1S/C33H41Cl2N11O4/c1-17-13-21(5-6-25(17)46(11-7-34)12-8-35)29(47)43-22-14-41-27(19(22)3)31(49)45-24-16-42-28(20(24)4)32(50)44-23-15-40-26(18(23)2)30(48)38-9-10-39-33(36)37/h5-6,13-16,40-42H,7-12H2,1-4H3,(H,38,48)(H,43,47)(H,44,50)(H,45,49)(H4,36,37,39). The fourth-order valence-corrected chi connectivity index (χ4v) is 5.71. The normalized spacial score (nSPS) is 10.8. The van der Waals surface area contributed by atoms with Gasteiger partial charge in [0, 0.05) is 77.9 Å². The van der Waals surface area contributed by atoms with Crippen LogP contribution in [0.5, 0.6) is 0 Å². The van der Waals surface area contributed by atoms with Crippen molar-refractivity contribution in [1.29, 1.82) is 0 Å². The molecule has 0 atom stereocenters. The number of benzene rings is 1. The summed E-state index contributed by atoms with van der Waals surface area (Å²) in [4.78, 5) is 66.7. The highest BCUT2D eigenvalue weighted by atomic mass is 35.5. The van der Waals surface area contributed by atoms with Crippen molar-refractivity contribution >= 4 is 75.5 Å². The largest absolute Gasteiger partial charge is 0.370 e. The van der Waals surface area contributed by atoms with Gasteiger partial charge in [-0.2, -0.15) is 0 Å². The van der Waals surface area contributed by atoms with Crippen LogP contribution in [0.25, 0.3) is 0 Å². The van der Waals surface area contributed by atoms with Gasteiger partial charge in [-0.05, 0) is 51.5 Å². The summed E-state index contributed by atoms with van der Waals surface area (Å²) in [7, 11) is 0. The van der Waals surface area contributed by atoms with Crippen LogP contribution in [-0.2, 0) is 0 Å². The third kappa shape index (κ3) is 8.78. The number of H-pyrrole nitrogens is 3. The van der Waals surface area contributed by atoms with Crippen LogP contribution in [-0.4, -0.2) is 82.5 Å². The molecule has 4 aromatic rings. The molecule has 3 heterocycles. The summed E-state index contributed by atoms with van der Waals surface area (Å²) in [6.45, 7) is 8.73. The van der Waals surface area contributed by atoms with E-state index in [1.165, 1.54) is 12.4 Å². The average molecular weight is 727 g/mol. The number of carbonyl (C=O) groups excluding carboxylic acids is 4. The number of hydrogen-bond donors (Lipinski definition) is 9. The molecule has 50 heavy (non-hydrogen) atoms. The van der Waals surface area contributed by atoms with E-state index in [0.717, 1.165) is 11.3 Å². The minimum atomic E-state index is -0.472. The maximum atomic E-state index is 13.3. The highest BCUT2D eigenvalue weighted by Gasteiger charge is 2.22. The Morgan fingerprint density at radius 2 is 1.18 bits per heavy atom. The zero-order valence-electron chi connectivity index (χ0n) is 28.1. The van der Waals surface area contributed by atoms with Crippen molar-refractivity contribution in [2.24, 2.45) is 16.5 Å². The first kappa shape index (κ1) is 37.4. The van der Waals surface area contributed by atoms with Gasteiger partial charge in [-0.3, -0.25) is 24.2 Å². The van der Waals surface area contributed by atoms with E-state index in [0.29, 0.717) is 64.2 Å². The van der Waals surface area contributed by atoms with Gasteiger partial charge in [-0.1, -0.05) is 0 Å². The zero-order chi connectivity index (χ0) is 36.5. The van der Waals surface area contributed by atoms with Gasteiger partial charge in [0.25, 0.3) is 23.6 Å². The Morgan fingerprint density at radius 3 is 1.62 bits per heavy atom. The quantitative estimate of drug-likeness (QED) is 0.0379. The van der Waals surface area contributed by atoms with Crippen LogP contribution in [0.1, 0.15) is 64.1 Å². The molecule has 0 fully saturated rings. The molecule has 0 radical (unpaired) electrons. The summed E-state index contributed by atoms with van der Waals surface area (Å²) >= 11 is 11.9. The first-order valence-corrected chi connectivity index (χ1v) is 16.7. The summed E-state index contributed by atoms with van der Waals surface area (Å²) in [5.41, 5.74) is 16.4. The van der Waals surface area contributed by atoms with E-state index in [9.17, 15) is 19.2 Å². The van der Waals surface area contributed by atoms with Crippen LogP contribution in [0.3, 0.4) is 0 Å². The van der Waals surface area contributed by atoms with Crippen LogP contribution in [0, 0.1) is 27.7 Å². The van der Waals surface area contributed by atoms with E-state index >= 15 is 0 Å². The fraction of sp³-hybridized carbons (Fsp3) is 0.303. The number of guanidine groups is 1. The molecule has 17 heteroatoms. The first-order chi connectivity index (χ1) is 23.9. The molecule has 0 saturated heterocycles. The van der Waals surface area contributed by atoms with Gasteiger partial charge < -0.3 is 52.6 Å². The second-order valence-corrected chi connectivity index (χ2v) is 12.2. The number of nitrogens with two attached hydrogens (primary N) is 2. The van der Waals surface area contributed by atoms with Crippen LogP contribution in [0.2, 0.25) is 0 Å². The number of carbonyl (C=O) groups is 4. The summed E-state index contributed by atoms with van der Waals surface area (Å²) in [6, 6.07) is 5.40. The number of alkyl halides is 2. The lowest BCUT2D eigenvalue weighted by Crippen LogP contribution is -2.29. The van der Waals surface area contributed by atoms with Gasteiger partial charge in [-0.15, -0.1) is 23.2 Å². The molecule has 3 aromatic heterocycles. The van der Waals surface area contributed by atoms with Crippen molar-refractivity contribution < 1.29 is 19.2 Å². The molecule has 0 unspecified atom stereocenters. The molecule has 0 saturated carbocycles. The molecule has 0 aliphatic carbocycles. The van der Waals surface area contributed by atoms with E-state index in [-0.39, 0.29) is 47.9 Å². The number of rotatable bonds is 15. The van der Waals surface area contributed by atoms with Gasteiger partial charge in [0.15, 0.2) is 5.96 Å². The maximum Gasteiger partial charge on any atom is 0.272 e. The highest BCUT2D eigenvalue weighted by Crippen LogP contribution is 2.26. The summed E-state index contributed by atoms with van der Waals surface area (Å²) < 4.78 is 0. The number of aromatic nitrogens is 3. The number of nitrogens with one attached hydrogen (secondary N) is 7. The third-order valence-corrected chi connectivity index (χ3v) is 8.38. The molecule has 266 valence electrons. The van der Waals surface area contributed by atoms with Crippen molar-refractivity contribution in [2.75, 3.05) is 58.8 Å². The van der Waals surface area contributed by atoms with Gasteiger partial charge in [0.2, 0.25) is 0 Å². The number of nitrogens with zero attached hydrogens (tertiary/aromatic N) is 2. The van der Waals surface area contributed by atoms with Crippen molar-refractivity contribution in [3.8, 4) is 0 Å². The van der Waals surface area contributed by atoms with E-state index < -0.39 is 11.8 Å². The zero-order valence-corrected chi connectivity index (χ0v) is 29.7. The molecule has 4 amide bonds. The topological polar surface area (TPSA) is 231 Å². The molecule has 11 N–H and O–H groups in total. The molecule has 0 aliphatic heterocycles. The first-order valence-electron chi connectivity index (χ1n) is 15.6. The number of hydrogen-bond acceptors (Lipinski definition) is 6. The fourth-order valence-electron chi connectivity index (χ4n) is 5.30. The van der Waals surface area contributed by atoms with Gasteiger partial charge in [0.05, 0.1) is 23.6 Å². The Labute approximate surface area is 298 Å². The van der Waals surface area contributed by atoms with E-state index in [4.69, 9.17) is 34.7 Å². The second kappa shape index (κ2) is 16.8. The maximum absolute atomic E-state index is 13.3. The predicted octanol–water partition coefficient (Wildman–Crippen LogP) is 3.95. The molecule has 1 aromatic carbocycles. The third-order valence-electron chi connectivity index (χ3n) is 8.05. The number of amides is 4. The molecule has 0 bridgehead atoms. The number of halogens is 2. The van der Waals surface area contributed by atoms with Crippen LogP contribution in [0.15, 0.2) is 41.8 Å². The van der Waals surface area contributed by atoms with Crippen molar-refractivity contribution in [3.63, 3.8) is 0 Å². The van der Waals surface area contributed by atoms with Crippen LogP contribution < -0.4 is 37.6 Å². The molecular weight excluding hydrogens is 685 g/mol. The number of anilines is 4. The van der Waals surface area contributed by atoms with Crippen LogP contribution >= 0.6 is 23.2 Å². The summed E-state index contributed by atoms with van der Waals surface area (Å²) in [5, 5.41) is 11.2. The Bertz CT molecular complexity index is 1900. The number of aliphatic imine (C=N–C) groups is 1. The Kier molecular flexibility index (Phi) is 12.6.